The van der Waals surface area contributed by atoms with Gasteiger partial charge >= 0.3 is 0 Å². The number of rotatable bonds is 8. The van der Waals surface area contributed by atoms with Crippen LogP contribution in [0.25, 0.3) is 0 Å². The summed E-state index contributed by atoms with van der Waals surface area (Å²) >= 11 is 1.79. The fourth-order valence-electron chi connectivity index (χ4n) is 2.78. The average Bonchev–Trinajstić information content (AvgIpc) is 2.93. The van der Waals surface area contributed by atoms with Crippen molar-refractivity contribution in [3.8, 4) is 5.75 Å². The summed E-state index contributed by atoms with van der Waals surface area (Å²) in [5.74, 6) is 2.36. The van der Waals surface area contributed by atoms with Crippen LogP contribution in [0.4, 0.5) is 0 Å². The van der Waals surface area contributed by atoms with Crippen LogP contribution in [0, 0.1) is 19.8 Å². The fourth-order valence-corrected chi connectivity index (χ4v) is 3.84. The van der Waals surface area contributed by atoms with Gasteiger partial charge in [-0.1, -0.05) is 43.8 Å². The topological polar surface area (TPSA) is 39.9 Å². The third kappa shape index (κ3) is 5.36. The maximum Gasteiger partial charge on any atom is 0.168 e. The van der Waals surface area contributed by atoms with Gasteiger partial charge in [-0.25, -0.2) is 4.98 Å². The number of hydrogen-bond acceptors (Lipinski definition) is 4. The molecule has 142 valence electrons. The minimum absolute atomic E-state index is 0.486. The van der Waals surface area contributed by atoms with E-state index in [2.05, 4.69) is 49.4 Å². The lowest BCUT2D eigenvalue weighted by Gasteiger charge is -2.12. The maximum absolute atomic E-state index is 5.81. The molecule has 3 aromatic rings. The van der Waals surface area contributed by atoms with E-state index in [1.165, 1.54) is 11.3 Å². The highest BCUT2D eigenvalue weighted by Gasteiger charge is 2.12. The average molecular weight is 382 g/mol. The van der Waals surface area contributed by atoms with Gasteiger partial charge in [0.2, 0.25) is 0 Å². The van der Waals surface area contributed by atoms with Gasteiger partial charge in [0.15, 0.2) is 5.16 Å². The Morgan fingerprint density at radius 1 is 1.07 bits per heavy atom. The molecule has 0 N–H and O–H groups in total. The molecule has 0 amide bonds. The number of pyridine rings is 1. The summed E-state index contributed by atoms with van der Waals surface area (Å²) in [5.41, 5.74) is 4.58. The van der Waals surface area contributed by atoms with Crippen LogP contribution in [0.2, 0.25) is 0 Å². The van der Waals surface area contributed by atoms with E-state index in [-0.39, 0.29) is 0 Å². The first-order chi connectivity index (χ1) is 13.0. The summed E-state index contributed by atoms with van der Waals surface area (Å²) in [6.45, 7) is 10.2. The minimum atomic E-state index is 0.486. The standard InChI is InChI=1S/C22H27N3OS/c1-16(2)13-25-18(4)17(3)24-22(25)27-15-19-8-10-21(11-9-19)26-14-20-7-5-6-12-23-20/h5-12,16H,13-15H2,1-4H3. The van der Waals surface area contributed by atoms with Crippen LogP contribution in [0.1, 0.15) is 36.5 Å². The third-order valence-corrected chi connectivity index (χ3v) is 5.42. The molecule has 0 fully saturated rings. The molecule has 1 aromatic carbocycles. The number of benzene rings is 1. The van der Waals surface area contributed by atoms with E-state index in [9.17, 15) is 0 Å². The molecule has 0 saturated carbocycles. The van der Waals surface area contributed by atoms with Gasteiger partial charge in [-0.2, -0.15) is 0 Å². The SMILES string of the molecule is Cc1nc(SCc2ccc(OCc3ccccn3)cc2)n(CC(C)C)c1C. The lowest BCUT2D eigenvalue weighted by molar-refractivity contribution is 0.301. The van der Waals surface area contributed by atoms with E-state index in [0.29, 0.717) is 12.5 Å². The van der Waals surface area contributed by atoms with E-state index in [4.69, 9.17) is 9.72 Å². The number of imidazole rings is 1. The van der Waals surface area contributed by atoms with Gasteiger partial charge in [-0.05, 0) is 49.6 Å². The number of aryl methyl sites for hydroxylation is 1. The van der Waals surface area contributed by atoms with Crippen LogP contribution < -0.4 is 4.74 Å². The largest absolute Gasteiger partial charge is 0.487 e. The van der Waals surface area contributed by atoms with Crippen LogP contribution >= 0.6 is 11.8 Å². The van der Waals surface area contributed by atoms with E-state index in [0.717, 1.165) is 34.6 Å². The molecular formula is C22H27N3OS. The lowest BCUT2D eigenvalue weighted by atomic mass is 10.2. The molecule has 27 heavy (non-hydrogen) atoms. The first-order valence-electron chi connectivity index (χ1n) is 9.31. The molecule has 0 aliphatic carbocycles. The predicted molar refractivity (Wildman–Crippen MR) is 111 cm³/mol. The molecule has 0 aliphatic rings. The normalized spacial score (nSPS) is 11.1. The van der Waals surface area contributed by atoms with Crippen LogP contribution in [0.5, 0.6) is 5.75 Å². The van der Waals surface area contributed by atoms with E-state index < -0.39 is 0 Å². The van der Waals surface area contributed by atoms with Crippen molar-refractivity contribution in [3.63, 3.8) is 0 Å². The molecule has 5 heteroatoms. The van der Waals surface area contributed by atoms with Gasteiger partial charge in [0, 0.05) is 24.2 Å². The quantitative estimate of drug-likeness (QED) is 0.488. The molecule has 0 radical (unpaired) electrons. The first kappa shape index (κ1) is 19.5. The van der Waals surface area contributed by atoms with Crippen molar-refractivity contribution < 1.29 is 4.74 Å². The molecule has 0 spiro atoms. The molecule has 0 saturated heterocycles. The Labute approximate surface area is 166 Å². The summed E-state index contributed by atoms with van der Waals surface area (Å²) in [6, 6.07) is 14.1. The Morgan fingerprint density at radius 2 is 1.85 bits per heavy atom. The van der Waals surface area contributed by atoms with Crippen LogP contribution in [0.3, 0.4) is 0 Å². The number of aromatic nitrogens is 3. The Morgan fingerprint density at radius 3 is 2.52 bits per heavy atom. The van der Waals surface area contributed by atoms with Crippen molar-refractivity contribution >= 4 is 11.8 Å². The molecule has 0 atom stereocenters. The molecule has 2 heterocycles. The van der Waals surface area contributed by atoms with Gasteiger partial charge in [-0.15, -0.1) is 0 Å². The number of hydrogen-bond donors (Lipinski definition) is 0. The van der Waals surface area contributed by atoms with E-state index >= 15 is 0 Å². The number of nitrogens with zero attached hydrogens (tertiary/aromatic N) is 3. The predicted octanol–water partition coefficient (Wildman–Crippen LogP) is 5.42. The van der Waals surface area contributed by atoms with Crippen molar-refractivity contribution in [2.24, 2.45) is 5.92 Å². The highest BCUT2D eigenvalue weighted by molar-refractivity contribution is 7.98. The van der Waals surface area contributed by atoms with Crippen LogP contribution in [0.15, 0.2) is 53.8 Å². The summed E-state index contributed by atoms with van der Waals surface area (Å²) in [7, 11) is 0. The highest BCUT2D eigenvalue weighted by atomic mass is 32.2. The van der Waals surface area contributed by atoms with Crippen molar-refractivity contribution in [2.75, 3.05) is 0 Å². The summed E-state index contributed by atoms with van der Waals surface area (Å²) in [6.07, 6.45) is 1.78. The fraction of sp³-hybridized carbons (Fsp3) is 0.364. The van der Waals surface area contributed by atoms with Gasteiger partial charge in [0.25, 0.3) is 0 Å². The zero-order valence-corrected chi connectivity index (χ0v) is 17.3. The molecule has 0 unspecified atom stereocenters. The second-order valence-electron chi connectivity index (χ2n) is 7.11. The van der Waals surface area contributed by atoms with Crippen molar-refractivity contribution in [1.29, 1.82) is 0 Å². The van der Waals surface area contributed by atoms with Gasteiger partial charge in [-0.3, -0.25) is 4.98 Å². The lowest BCUT2D eigenvalue weighted by Crippen LogP contribution is -2.07. The number of thioether (sulfide) groups is 1. The summed E-state index contributed by atoms with van der Waals surface area (Å²) in [4.78, 5) is 9.03. The molecule has 2 aromatic heterocycles. The molecule has 4 nitrogen and oxygen atoms in total. The second kappa shape index (κ2) is 9.09. The van der Waals surface area contributed by atoms with Gasteiger partial charge < -0.3 is 9.30 Å². The molecule has 0 bridgehead atoms. The van der Waals surface area contributed by atoms with Gasteiger partial charge in [0.1, 0.15) is 12.4 Å². The summed E-state index contributed by atoms with van der Waals surface area (Å²) in [5, 5.41) is 1.11. The van der Waals surface area contributed by atoms with E-state index in [1.807, 2.05) is 30.3 Å². The second-order valence-corrected chi connectivity index (χ2v) is 8.05. The van der Waals surface area contributed by atoms with Crippen LogP contribution in [-0.4, -0.2) is 14.5 Å². The smallest absolute Gasteiger partial charge is 0.168 e. The summed E-state index contributed by atoms with van der Waals surface area (Å²) < 4.78 is 8.15. The third-order valence-electron chi connectivity index (χ3n) is 4.37. The Hall–Kier alpha value is -2.27. The number of ether oxygens (including phenoxy) is 1. The Balaban J connectivity index is 1.58. The minimum Gasteiger partial charge on any atom is -0.487 e. The maximum atomic E-state index is 5.81. The van der Waals surface area contributed by atoms with E-state index in [1.54, 1.807) is 18.0 Å². The van der Waals surface area contributed by atoms with Crippen LogP contribution in [-0.2, 0) is 18.9 Å². The molecule has 0 aliphatic heterocycles. The molecule has 3 rings (SSSR count). The zero-order valence-electron chi connectivity index (χ0n) is 16.5. The van der Waals surface area contributed by atoms with Gasteiger partial charge in [0.05, 0.1) is 11.4 Å². The van der Waals surface area contributed by atoms with Crippen molar-refractivity contribution in [2.45, 2.75) is 51.8 Å². The first-order valence-corrected chi connectivity index (χ1v) is 10.3. The Bertz CT molecular complexity index is 857. The highest BCUT2D eigenvalue weighted by Crippen LogP contribution is 2.26. The monoisotopic (exact) mass is 381 g/mol. The van der Waals surface area contributed by atoms with Crippen molar-refractivity contribution in [3.05, 3.63) is 71.3 Å². The Kier molecular flexibility index (Phi) is 6.56. The zero-order chi connectivity index (χ0) is 19.2. The van der Waals surface area contributed by atoms with Crippen molar-refractivity contribution in [1.82, 2.24) is 14.5 Å². The molecular weight excluding hydrogens is 354 g/mol.